The number of aromatic nitrogens is 1. The van der Waals surface area contributed by atoms with Gasteiger partial charge in [-0.05, 0) is 23.8 Å². The molecule has 0 fully saturated rings. The van der Waals surface area contributed by atoms with Crippen molar-refractivity contribution < 1.29 is 9.90 Å². The van der Waals surface area contributed by atoms with Crippen molar-refractivity contribution in [1.82, 2.24) is 4.98 Å². The van der Waals surface area contributed by atoms with Crippen molar-refractivity contribution >= 4 is 34.1 Å². The molecule has 1 aromatic heterocycles. The van der Waals surface area contributed by atoms with E-state index in [2.05, 4.69) is 16.4 Å². The topological polar surface area (TPSA) is 62.2 Å². The molecule has 1 unspecified atom stereocenters. The van der Waals surface area contributed by atoms with Crippen LogP contribution in [-0.2, 0) is 11.2 Å². The predicted molar refractivity (Wildman–Crippen MR) is 86.1 cm³/mol. The Hall–Kier alpha value is -1.37. The minimum atomic E-state index is -0.104. The van der Waals surface area contributed by atoms with Gasteiger partial charge in [-0.2, -0.15) is 0 Å². The third-order valence-electron chi connectivity index (χ3n) is 3.42. The van der Waals surface area contributed by atoms with Gasteiger partial charge in [-0.25, -0.2) is 4.98 Å². The number of thiazole rings is 1. The Morgan fingerprint density at radius 3 is 3.14 bits per heavy atom. The van der Waals surface area contributed by atoms with Crippen LogP contribution >= 0.6 is 23.1 Å². The summed E-state index contributed by atoms with van der Waals surface area (Å²) in [5.41, 5.74) is 1.11. The number of hydrogen-bond acceptors (Lipinski definition) is 5. The lowest BCUT2D eigenvalue weighted by molar-refractivity contribution is -0.117. The van der Waals surface area contributed by atoms with Gasteiger partial charge < -0.3 is 10.4 Å². The first kappa shape index (κ1) is 14.6. The lowest BCUT2D eigenvalue weighted by Gasteiger charge is -2.23. The standard InChI is InChI=1S/C15H16N2O2S2/c18-7-5-10-9-16-15(21-10)17-14(19)12-6-8-20-13-4-2-1-3-11(12)13/h1-4,9,12,18H,5-8H2,(H,16,17,19). The number of nitrogens with zero attached hydrogens (tertiary/aromatic N) is 1. The number of carbonyl (C=O) groups is 1. The zero-order valence-electron chi connectivity index (χ0n) is 11.4. The molecule has 1 aliphatic rings. The van der Waals surface area contributed by atoms with Crippen LogP contribution in [0.3, 0.4) is 0 Å². The maximum absolute atomic E-state index is 12.5. The summed E-state index contributed by atoms with van der Waals surface area (Å²) in [7, 11) is 0. The second-order valence-corrected chi connectivity index (χ2v) is 7.07. The fourth-order valence-electron chi connectivity index (χ4n) is 2.40. The Kier molecular flexibility index (Phi) is 4.57. The SMILES string of the molecule is O=C(Nc1ncc(CCO)s1)C1CCSc2ccccc21. The van der Waals surface area contributed by atoms with E-state index < -0.39 is 0 Å². The number of aliphatic hydroxyl groups is 1. The number of carbonyl (C=O) groups excluding carboxylic acids is 1. The van der Waals surface area contributed by atoms with Crippen LogP contribution in [0.1, 0.15) is 22.8 Å². The number of fused-ring (bicyclic) bond motifs is 1. The lowest BCUT2D eigenvalue weighted by atomic mass is 9.95. The highest BCUT2D eigenvalue weighted by Crippen LogP contribution is 2.38. The normalized spacial score (nSPS) is 17.3. The molecule has 0 saturated carbocycles. The zero-order chi connectivity index (χ0) is 14.7. The molecule has 3 rings (SSSR count). The van der Waals surface area contributed by atoms with E-state index in [9.17, 15) is 4.79 Å². The number of nitrogens with one attached hydrogen (secondary N) is 1. The van der Waals surface area contributed by atoms with Crippen LogP contribution in [0.15, 0.2) is 35.4 Å². The molecule has 1 amide bonds. The molecule has 0 radical (unpaired) electrons. The Labute approximate surface area is 131 Å². The summed E-state index contributed by atoms with van der Waals surface area (Å²) in [6.07, 6.45) is 3.14. The summed E-state index contributed by atoms with van der Waals surface area (Å²) in [5.74, 6) is 0.864. The number of anilines is 1. The van der Waals surface area contributed by atoms with Crippen LogP contribution in [0.25, 0.3) is 0 Å². The monoisotopic (exact) mass is 320 g/mol. The van der Waals surface area contributed by atoms with Crippen molar-refractivity contribution in [2.45, 2.75) is 23.7 Å². The van der Waals surface area contributed by atoms with E-state index in [0.717, 1.165) is 22.6 Å². The number of thioether (sulfide) groups is 1. The molecule has 2 heterocycles. The molecular formula is C15H16N2O2S2. The highest BCUT2D eigenvalue weighted by atomic mass is 32.2. The van der Waals surface area contributed by atoms with E-state index in [1.54, 1.807) is 18.0 Å². The lowest BCUT2D eigenvalue weighted by Crippen LogP contribution is -2.24. The van der Waals surface area contributed by atoms with Gasteiger partial charge in [-0.3, -0.25) is 4.79 Å². The summed E-state index contributed by atoms with van der Waals surface area (Å²) >= 11 is 3.23. The Balaban J connectivity index is 1.74. The highest BCUT2D eigenvalue weighted by molar-refractivity contribution is 7.99. The molecule has 6 heteroatoms. The van der Waals surface area contributed by atoms with E-state index in [-0.39, 0.29) is 18.4 Å². The van der Waals surface area contributed by atoms with E-state index in [4.69, 9.17) is 5.11 Å². The van der Waals surface area contributed by atoms with Crippen molar-refractivity contribution in [2.24, 2.45) is 0 Å². The van der Waals surface area contributed by atoms with Crippen LogP contribution in [0, 0.1) is 0 Å². The Morgan fingerprint density at radius 1 is 1.43 bits per heavy atom. The summed E-state index contributed by atoms with van der Waals surface area (Å²) < 4.78 is 0. The molecule has 1 atom stereocenters. The van der Waals surface area contributed by atoms with Gasteiger partial charge in [0.05, 0.1) is 5.92 Å². The molecule has 4 nitrogen and oxygen atoms in total. The first-order valence-corrected chi connectivity index (χ1v) is 8.66. The van der Waals surface area contributed by atoms with Gasteiger partial charge in [0.1, 0.15) is 0 Å². The summed E-state index contributed by atoms with van der Waals surface area (Å²) in [6.45, 7) is 0.100. The molecule has 2 N–H and O–H groups in total. The third-order valence-corrected chi connectivity index (χ3v) is 5.51. The number of hydrogen-bond donors (Lipinski definition) is 2. The van der Waals surface area contributed by atoms with E-state index in [0.29, 0.717) is 11.6 Å². The molecule has 1 aromatic carbocycles. The molecule has 2 aromatic rings. The minimum Gasteiger partial charge on any atom is -0.396 e. The summed E-state index contributed by atoms with van der Waals surface area (Å²) in [4.78, 5) is 18.9. The van der Waals surface area contributed by atoms with Crippen LogP contribution in [0.2, 0.25) is 0 Å². The van der Waals surface area contributed by atoms with Crippen LogP contribution in [0.5, 0.6) is 0 Å². The molecule has 1 aliphatic heterocycles. The summed E-state index contributed by atoms with van der Waals surface area (Å²) in [5, 5.41) is 12.4. The first-order valence-electron chi connectivity index (χ1n) is 6.86. The van der Waals surface area contributed by atoms with Crippen molar-refractivity contribution in [3.05, 3.63) is 40.9 Å². The summed E-state index contributed by atoms with van der Waals surface area (Å²) in [6, 6.07) is 8.09. The van der Waals surface area contributed by atoms with Gasteiger partial charge in [-0.1, -0.05) is 18.2 Å². The van der Waals surface area contributed by atoms with Gasteiger partial charge in [0.2, 0.25) is 5.91 Å². The molecule has 21 heavy (non-hydrogen) atoms. The molecule has 0 bridgehead atoms. The molecule has 0 saturated heterocycles. The fraction of sp³-hybridized carbons (Fsp3) is 0.333. The van der Waals surface area contributed by atoms with Gasteiger partial charge in [-0.15, -0.1) is 23.1 Å². The van der Waals surface area contributed by atoms with Gasteiger partial charge in [0.25, 0.3) is 0 Å². The molecular weight excluding hydrogens is 304 g/mol. The predicted octanol–water partition coefficient (Wildman–Crippen LogP) is 2.90. The van der Waals surface area contributed by atoms with Crippen molar-refractivity contribution in [2.75, 3.05) is 17.7 Å². The van der Waals surface area contributed by atoms with Gasteiger partial charge in [0, 0.05) is 29.0 Å². The van der Waals surface area contributed by atoms with Crippen molar-refractivity contribution in [1.29, 1.82) is 0 Å². The van der Waals surface area contributed by atoms with Crippen LogP contribution in [0.4, 0.5) is 5.13 Å². The smallest absolute Gasteiger partial charge is 0.233 e. The maximum Gasteiger partial charge on any atom is 0.233 e. The second kappa shape index (κ2) is 6.60. The average Bonchev–Trinajstić information content (AvgIpc) is 2.94. The average molecular weight is 320 g/mol. The van der Waals surface area contributed by atoms with E-state index >= 15 is 0 Å². The molecule has 110 valence electrons. The Morgan fingerprint density at radius 2 is 2.29 bits per heavy atom. The zero-order valence-corrected chi connectivity index (χ0v) is 13.0. The van der Waals surface area contributed by atoms with Crippen molar-refractivity contribution in [3.63, 3.8) is 0 Å². The number of amides is 1. The van der Waals surface area contributed by atoms with E-state index in [1.165, 1.54) is 16.2 Å². The quantitative estimate of drug-likeness (QED) is 0.909. The molecule has 0 aliphatic carbocycles. The number of rotatable bonds is 4. The minimum absolute atomic E-state index is 0.00708. The number of benzene rings is 1. The van der Waals surface area contributed by atoms with Crippen LogP contribution in [-0.4, -0.2) is 28.4 Å². The largest absolute Gasteiger partial charge is 0.396 e. The Bertz CT molecular complexity index is 642. The third kappa shape index (κ3) is 3.28. The van der Waals surface area contributed by atoms with Gasteiger partial charge >= 0.3 is 0 Å². The van der Waals surface area contributed by atoms with Crippen molar-refractivity contribution in [3.8, 4) is 0 Å². The van der Waals surface area contributed by atoms with E-state index in [1.807, 2.05) is 18.2 Å². The van der Waals surface area contributed by atoms with Gasteiger partial charge in [0.15, 0.2) is 5.13 Å². The maximum atomic E-state index is 12.5. The first-order chi connectivity index (χ1) is 10.3. The highest BCUT2D eigenvalue weighted by Gasteiger charge is 2.27. The number of aliphatic hydroxyl groups excluding tert-OH is 1. The molecule has 0 spiro atoms. The fourth-order valence-corrected chi connectivity index (χ4v) is 4.33. The second-order valence-electron chi connectivity index (χ2n) is 4.82. The van der Waals surface area contributed by atoms with Crippen LogP contribution < -0.4 is 5.32 Å².